The first-order valence-electron chi connectivity index (χ1n) is 5.43. The highest BCUT2D eigenvalue weighted by Gasteiger charge is 1.99. The van der Waals surface area contributed by atoms with Gasteiger partial charge < -0.3 is 5.73 Å². The van der Waals surface area contributed by atoms with Crippen molar-refractivity contribution in [2.75, 3.05) is 0 Å². The molecule has 2 aromatic rings. The first-order chi connectivity index (χ1) is 8.15. The largest absolute Gasteiger partial charge is 0.399 e. The Morgan fingerprint density at radius 2 is 1.76 bits per heavy atom. The molecule has 0 saturated carbocycles. The van der Waals surface area contributed by atoms with Crippen molar-refractivity contribution < 1.29 is 4.39 Å². The minimum Gasteiger partial charge on any atom is -0.399 e. The van der Waals surface area contributed by atoms with E-state index in [-0.39, 0.29) is 5.82 Å². The van der Waals surface area contributed by atoms with Gasteiger partial charge in [-0.1, -0.05) is 43.0 Å². The molecule has 0 radical (unpaired) electrons. The summed E-state index contributed by atoms with van der Waals surface area (Å²) in [6.45, 7) is 3.68. The van der Waals surface area contributed by atoms with E-state index in [2.05, 4.69) is 6.58 Å². The molecule has 0 aliphatic carbocycles. The van der Waals surface area contributed by atoms with Crippen molar-refractivity contribution in [2.24, 2.45) is 5.73 Å². The number of benzene rings is 2. The van der Waals surface area contributed by atoms with Gasteiger partial charge in [-0.05, 0) is 35.2 Å². The van der Waals surface area contributed by atoms with E-state index < -0.39 is 0 Å². The standard InChI is InChI=1S/C15H14FN/c1-11(17)14-7-5-12(6-8-14)9-13-3-2-4-15(16)10-13/h2-8,10H,1,9,17H2. The molecule has 2 rings (SSSR count). The van der Waals surface area contributed by atoms with Gasteiger partial charge >= 0.3 is 0 Å². The molecule has 2 aromatic carbocycles. The van der Waals surface area contributed by atoms with Gasteiger partial charge in [-0.25, -0.2) is 4.39 Å². The fourth-order valence-corrected chi connectivity index (χ4v) is 1.72. The van der Waals surface area contributed by atoms with Crippen LogP contribution in [0.15, 0.2) is 55.1 Å². The van der Waals surface area contributed by atoms with Gasteiger partial charge in [-0.15, -0.1) is 0 Å². The van der Waals surface area contributed by atoms with Crippen molar-refractivity contribution in [2.45, 2.75) is 6.42 Å². The van der Waals surface area contributed by atoms with E-state index >= 15 is 0 Å². The van der Waals surface area contributed by atoms with Crippen molar-refractivity contribution in [3.63, 3.8) is 0 Å². The van der Waals surface area contributed by atoms with Crippen molar-refractivity contribution in [3.05, 3.63) is 77.6 Å². The Kier molecular flexibility index (Phi) is 3.24. The van der Waals surface area contributed by atoms with Crippen LogP contribution in [-0.2, 0) is 6.42 Å². The van der Waals surface area contributed by atoms with Crippen molar-refractivity contribution in [1.82, 2.24) is 0 Å². The summed E-state index contributed by atoms with van der Waals surface area (Å²) in [6, 6.07) is 14.5. The molecule has 0 saturated heterocycles. The number of halogens is 1. The second-order valence-electron chi connectivity index (χ2n) is 4.03. The lowest BCUT2D eigenvalue weighted by Crippen LogP contribution is -1.94. The Balaban J connectivity index is 2.16. The van der Waals surface area contributed by atoms with Gasteiger partial charge in [0, 0.05) is 5.70 Å². The number of hydrogen-bond donors (Lipinski definition) is 1. The van der Waals surface area contributed by atoms with Gasteiger partial charge in [0.25, 0.3) is 0 Å². The Morgan fingerprint density at radius 3 is 2.35 bits per heavy atom. The first kappa shape index (κ1) is 11.4. The minimum atomic E-state index is -0.200. The van der Waals surface area contributed by atoms with Crippen molar-refractivity contribution in [3.8, 4) is 0 Å². The van der Waals surface area contributed by atoms with Crippen molar-refractivity contribution in [1.29, 1.82) is 0 Å². The molecule has 17 heavy (non-hydrogen) atoms. The van der Waals surface area contributed by atoms with E-state index in [9.17, 15) is 4.39 Å². The van der Waals surface area contributed by atoms with Gasteiger partial charge in [0.2, 0.25) is 0 Å². The zero-order valence-corrected chi connectivity index (χ0v) is 9.49. The van der Waals surface area contributed by atoms with Gasteiger partial charge in [0.05, 0.1) is 0 Å². The molecule has 0 aromatic heterocycles. The molecule has 0 heterocycles. The summed E-state index contributed by atoms with van der Waals surface area (Å²) in [6.07, 6.45) is 0.717. The summed E-state index contributed by atoms with van der Waals surface area (Å²) < 4.78 is 13.0. The van der Waals surface area contributed by atoms with Crippen LogP contribution in [0, 0.1) is 5.82 Å². The van der Waals surface area contributed by atoms with E-state index in [4.69, 9.17) is 5.73 Å². The lowest BCUT2D eigenvalue weighted by Gasteiger charge is -2.04. The quantitative estimate of drug-likeness (QED) is 0.855. The lowest BCUT2D eigenvalue weighted by atomic mass is 10.0. The van der Waals surface area contributed by atoms with Gasteiger partial charge in [0.1, 0.15) is 5.82 Å². The third-order valence-electron chi connectivity index (χ3n) is 2.62. The normalized spacial score (nSPS) is 10.2. The molecule has 0 aliphatic heterocycles. The molecule has 0 fully saturated rings. The molecule has 0 amide bonds. The van der Waals surface area contributed by atoms with Gasteiger partial charge in [-0.2, -0.15) is 0 Å². The van der Waals surface area contributed by atoms with E-state index in [1.807, 2.05) is 30.3 Å². The highest BCUT2D eigenvalue weighted by molar-refractivity contribution is 5.60. The molecule has 2 N–H and O–H groups in total. The zero-order valence-electron chi connectivity index (χ0n) is 9.49. The molecule has 0 spiro atoms. The lowest BCUT2D eigenvalue weighted by molar-refractivity contribution is 0.626. The molecule has 0 bridgehead atoms. The van der Waals surface area contributed by atoms with Crippen LogP contribution in [0.4, 0.5) is 4.39 Å². The third-order valence-corrected chi connectivity index (χ3v) is 2.62. The monoisotopic (exact) mass is 227 g/mol. The van der Waals surface area contributed by atoms with Gasteiger partial charge in [-0.3, -0.25) is 0 Å². The van der Waals surface area contributed by atoms with Crippen LogP contribution in [0.25, 0.3) is 5.70 Å². The van der Waals surface area contributed by atoms with E-state index in [0.29, 0.717) is 5.70 Å². The Labute approximate surface area is 100 Å². The summed E-state index contributed by atoms with van der Waals surface area (Å²) in [5, 5.41) is 0. The smallest absolute Gasteiger partial charge is 0.123 e. The maximum atomic E-state index is 13.0. The predicted molar refractivity (Wildman–Crippen MR) is 68.9 cm³/mol. The van der Waals surface area contributed by atoms with Crippen LogP contribution in [0.2, 0.25) is 0 Å². The average Bonchev–Trinajstić information content (AvgIpc) is 2.29. The predicted octanol–water partition coefficient (Wildman–Crippen LogP) is 3.35. The van der Waals surface area contributed by atoms with E-state index in [0.717, 1.165) is 23.1 Å². The van der Waals surface area contributed by atoms with Crippen LogP contribution in [0.3, 0.4) is 0 Å². The zero-order chi connectivity index (χ0) is 12.3. The van der Waals surface area contributed by atoms with Crippen LogP contribution in [-0.4, -0.2) is 0 Å². The van der Waals surface area contributed by atoms with Gasteiger partial charge in [0.15, 0.2) is 0 Å². The SMILES string of the molecule is C=C(N)c1ccc(Cc2cccc(F)c2)cc1. The average molecular weight is 227 g/mol. The highest BCUT2D eigenvalue weighted by atomic mass is 19.1. The molecule has 1 nitrogen and oxygen atoms in total. The number of hydrogen-bond acceptors (Lipinski definition) is 1. The Hall–Kier alpha value is -2.09. The summed E-state index contributed by atoms with van der Waals surface area (Å²) in [5.41, 5.74) is 9.16. The first-order valence-corrected chi connectivity index (χ1v) is 5.43. The maximum Gasteiger partial charge on any atom is 0.123 e. The fourth-order valence-electron chi connectivity index (χ4n) is 1.72. The van der Waals surface area contributed by atoms with E-state index in [1.54, 1.807) is 12.1 Å². The fraction of sp³-hybridized carbons (Fsp3) is 0.0667. The molecular weight excluding hydrogens is 213 g/mol. The summed E-state index contributed by atoms with van der Waals surface area (Å²) in [7, 11) is 0. The molecule has 0 atom stereocenters. The molecule has 86 valence electrons. The summed E-state index contributed by atoms with van der Waals surface area (Å²) in [5.74, 6) is -0.200. The Morgan fingerprint density at radius 1 is 1.06 bits per heavy atom. The minimum absolute atomic E-state index is 0.200. The van der Waals surface area contributed by atoms with Crippen molar-refractivity contribution >= 4 is 5.70 Å². The summed E-state index contributed by atoms with van der Waals surface area (Å²) >= 11 is 0. The summed E-state index contributed by atoms with van der Waals surface area (Å²) in [4.78, 5) is 0. The second kappa shape index (κ2) is 4.83. The number of rotatable bonds is 3. The third kappa shape index (κ3) is 2.94. The van der Waals surface area contributed by atoms with Crippen LogP contribution >= 0.6 is 0 Å². The van der Waals surface area contributed by atoms with Crippen LogP contribution in [0.5, 0.6) is 0 Å². The van der Waals surface area contributed by atoms with Crippen LogP contribution < -0.4 is 5.73 Å². The number of nitrogens with two attached hydrogens (primary N) is 1. The second-order valence-corrected chi connectivity index (χ2v) is 4.03. The van der Waals surface area contributed by atoms with Crippen LogP contribution in [0.1, 0.15) is 16.7 Å². The molecule has 2 heteroatoms. The topological polar surface area (TPSA) is 26.0 Å². The molecule has 0 aliphatic rings. The highest BCUT2D eigenvalue weighted by Crippen LogP contribution is 2.13. The maximum absolute atomic E-state index is 13.0. The van der Waals surface area contributed by atoms with E-state index in [1.165, 1.54) is 6.07 Å². The Bertz CT molecular complexity index is 529. The molecular formula is C15H14FN. The molecule has 0 unspecified atom stereocenters.